The van der Waals surface area contributed by atoms with E-state index in [4.69, 9.17) is 5.11 Å². The molecule has 3 nitrogen and oxygen atoms in total. The fourth-order valence-corrected chi connectivity index (χ4v) is 2.87. The van der Waals surface area contributed by atoms with Crippen molar-refractivity contribution in [2.24, 2.45) is 11.8 Å². The molecule has 1 saturated heterocycles. The van der Waals surface area contributed by atoms with Crippen LogP contribution in [0.1, 0.15) is 5.56 Å². The molecule has 0 aliphatic carbocycles. The van der Waals surface area contributed by atoms with Crippen LogP contribution in [0.3, 0.4) is 0 Å². The van der Waals surface area contributed by atoms with Gasteiger partial charge in [0.05, 0.1) is 11.8 Å². The summed E-state index contributed by atoms with van der Waals surface area (Å²) >= 11 is 3.20. The highest BCUT2D eigenvalue weighted by molar-refractivity contribution is 9.10. The zero-order valence-corrected chi connectivity index (χ0v) is 12.3. The predicted molar refractivity (Wildman–Crippen MR) is 70.0 cm³/mol. The highest BCUT2D eigenvalue weighted by Crippen LogP contribution is 2.38. The van der Waals surface area contributed by atoms with Crippen molar-refractivity contribution in [2.75, 3.05) is 13.1 Å². The topological polar surface area (TPSA) is 40.5 Å². The molecule has 0 amide bonds. The standard InChI is InChI=1S/C13H12BrF4NO2/c14-11-2-1-8(15)3-7(11)4-19-5-9(12(20)21)10(6-19)13(16,17)18/h1-3,9-10H,4-6H2,(H,20,21)/t9-,10-/m1/s1. The molecule has 8 heteroatoms. The van der Waals surface area contributed by atoms with E-state index in [0.29, 0.717) is 10.0 Å². The van der Waals surface area contributed by atoms with Crippen LogP contribution in [-0.4, -0.2) is 35.2 Å². The van der Waals surface area contributed by atoms with Crippen LogP contribution in [0, 0.1) is 17.7 Å². The van der Waals surface area contributed by atoms with Crippen LogP contribution in [0.4, 0.5) is 17.6 Å². The minimum absolute atomic E-state index is 0.0642. The Balaban J connectivity index is 2.16. The maximum absolute atomic E-state index is 13.2. The van der Waals surface area contributed by atoms with Gasteiger partial charge in [-0.25, -0.2) is 4.39 Å². The van der Waals surface area contributed by atoms with Gasteiger partial charge in [-0.3, -0.25) is 9.69 Å². The van der Waals surface area contributed by atoms with Gasteiger partial charge in [-0.2, -0.15) is 13.2 Å². The van der Waals surface area contributed by atoms with Gasteiger partial charge < -0.3 is 5.11 Å². The molecule has 2 atom stereocenters. The lowest BCUT2D eigenvalue weighted by atomic mass is 9.96. The summed E-state index contributed by atoms with van der Waals surface area (Å²) in [5.74, 6) is -5.34. The number of halogens is 5. The SMILES string of the molecule is O=C(O)[C@@H]1CN(Cc2cc(F)ccc2Br)C[C@H]1C(F)(F)F. The largest absolute Gasteiger partial charge is 0.481 e. The molecule has 1 aliphatic rings. The zero-order valence-electron chi connectivity index (χ0n) is 10.7. The molecule has 1 aliphatic heterocycles. The van der Waals surface area contributed by atoms with Gasteiger partial charge in [-0.1, -0.05) is 15.9 Å². The van der Waals surface area contributed by atoms with E-state index in [1.54, 1.807) is 0 Å². The molecule has 0 aromatic heterocycles. The summed E-state index contributed by atoms with van der Waals surface area (Å²) in [6, 6.07) is 3.92. The van der Waals surface area contributed by atoms with Crippen LogP contribution >= 0.6 is 15.9 Å². The van der Waals surface area contributed by atoms with Gasteiger partial charge in [0.1, 0.15) is 5.82 Å². The molecule has 1 N–H and O–H groups in total. The van der Waals surface area contributed by atoms with Crippen molar-refractivity contribution in [3.05, 3.63) is 34.1 Å². The molecule has 0 spiro atoms. The van der Waals surface area contributed by atoms with Crippen molar-refractivity contribution >= 4 is 21.9 Å². The summed E-state index contributed by atoms with van der Waals surface area (Å²) in [5, 5.41) is 8.93. The Kier molecular flexibility index (Phi) is 4.57. The second-order valence-corrected chi connectivity index (χ2v) is 5.88. The van der Waals surface area contributed by atoms with E-state index in [1.807, 2.05) is 0 Å². The zero-order chi connectivity index (χ0) is 15.8. The maximum Gasteiger partial charge on any atom is 0.393 e. The number of aliphatic carboxylic acids is 1. The summed E-state index contributed by atoms with van der Waals surface area (Å²) in [7, 11) is 0. The summed E-state index contributed by atoms with van der Waals surface area (Å²) in [6.45, 7) is -0.541. The number of hydrogen-bond donors (Lipinski definition) is 1. The Labute approximate surface area is 126 Å². The number of carbonyl (C=O) groups is 1. The van der Waals surface area contributed by atoms with Gasteiger partial charge in [-0.05, 0) is 23.8 Å². The van der Waals surface area contributed by atoms with Gasteiger partial charge in [0.15, 0.2) is 0 Å². The maximum atomic E-state index is 13.2. The Bertz CT molecular complexity index is 549. The van der Waals surface area contributed by atoms with E-state index in [2.05, 4.69) is 15.9 Å². The molecule has 1 fully saturated rings. The minimum Gasteiger partial charge on any atom is -0.481 e. The molecule has 21 heavy (non-hydrogen) atoms. The molecule has 1 aromatic rings. The molecule has 0 unspecified atom stereocenters. The number of hydrogen-bond acceptors (Lipinski definition) is 2. The van der Waals surface area contributed by atoms with Gasteiger partial charge in [0, 0.05) is 24.1 Å². The van der Waals surface area contributed by atoms with Crippen molar-refractivity contribution in [3.8, 4) is 0 Å². The number of rotatable bonds is 3. The van der Waals surface area contributed by atoms with Crippen LogP contribution in [-0.2, 0) is 11.3 Å². The van der Waals surface area contributed by atoms with Crippen LogP contribution in [0.15, 0.2) is 22.7 Å². The second kappa shape index (κ2) is 5.92. The summed E-state index contributed by atoms with van der Waals surface area (Å²) in [6.07, 6.45) is -4.56. The van der Waals surface area contributed by atoms with E-state index in [0.717, 1.165) is 0 Å². The number of benzene rings is 1. The number of likely N-dealkylation sites (tertiary alicyclic amines) is 1. The van der Waals surface area contributed by atoms with E-state index in [1.165, 1.54) is 23.1 Å². The average molecular weight is 370 g/mol. The Hall–Kier alpha value is -1.15. The summed E-state index contributed by atoms with van der Waals surface area (Å²) in [5.41, 5.74) is 0.488. The molecule has 116 valence electrons. The van der Waals surface area contributed by atoms with Crippen molar-refractivity contribution in [2.45, 2.75) is 12.7 Å². The smallest absolute Gasteiger partial charge is 0.393 e. The minimum atomic E-state index is -4.56. The number of nitrogens with zero attached hydrogens (tertiary/aromatic N) is 1. The molecular formula is C13H12BrF4NO2. The Morgan fingerprint density at radius 3 is 2.57 bits per heavy atom. The molecule has 0 saturated carbocycles. The summed E-state index contributed by atoms with van der Waals surface area (Å²) < 4.78 is 52.4. The van der Waals surface area contributed by atoms with Gasteiger partial charge in [0.25, 0.3) is 0 Å². The first-order chi connectivity index (χ1) is 9.68. The van der Waals surface area contributed by atoms with Gasteiger partial charge in [-0.15, -0.1) is 0 Å². The highest BCUT2D eigenvalue weighted by Gasteiger charge is 2.52. The lowest BCUT2D eigenvalue weighted by molar-refractivity contribution is -0.188. The van der Waals surface area contributed by atoms with Gasteiger partial charge in [0.2, 0.25) is 0 Å². The van der Waals surface area contributed by atoms with Crippen LogP contribution in [0.2, 0.25) is 0 Å². The third-order valence-electron chi connectivity index (χ3n) is 3.53. The van der Waals surface area contributed by atoms with E-state index >= 15 is 0 Å². The van der Waals surface area contributed by atoms with Crippen molar-refractivity contribution in [1.29, 1.82) is 0 Å². The van der Waals surface area contributed by atoms with Crippen molar-refractivity contribution in [1.82, 2.24) is 4.90 Å². The molecular weight excluding hydrogens is 358 g/mol. The van der Waals surface area contributed by atoms with Crippen molar-refractivity contribution < 1.29 is 27.5 Å². The monoisotopic (exact) mass is 369 g/mol. The van der Waals surface area contributed by atoms with Crippen LogP contribution in [0.25, 0.3) is 0 Å². The lowest BCUT2D eigenvalue weighted by Gasteiger charge is -2.18. The second-order valence-electron chi connectivity index (χ2n) is 5.02. The first-order valence-corrected chi connectivity index (χ1v) is 6.93. The highest BCUT2D eigenvalue weighted by atomic mass is 79.9. The van der Waals surface area contributed by atoms with Crippen molar-refractivity contribution in [3.63, 3.8) is 0 Å². The van der Waals surface area contributed by atoms with E-state index < -0.39 is 36.3 Å². The predicted octanol–water partition coefficient (Wildman–Crippen LogP) is 3.28. The summed E-state index contributed by atoms with van der Waals surface area (Å²) in [4.78, 5) is 12.4. The number of alkyl halides is 3. The van der Waals surface area contributed by atoms with E-state index in [-0.39, 0.29) is 13.1 Å². The Morgan fingerprint density at radius 1 is 1.38 bits per heavy atom. The first-order valence-electron chi connectivity index (χ1n) is 6.14. The third kappa shape index (κ3) is 3.74. The fourth-order valence-electron chi connectivity index (χ4n) is 2.50. The normalized spacial score (nSPS) is 23.5. The quantitative estimate of drug-likeness (QED) is 0.831. The molecule has 1 aromatic carbocycles. The van der Waals surface area contributed by atoms with Crippen LogP contribution in [0.5, 0.6) is 0 Å². The van der Waals surface area contributed by atoms with E-state index in [9.17, 15) is 22.4 Å². The lowest BCUT2D eigenvalue weighted by Crippen LogP contribution is -2.33. The average Bonchev–Trinajstić information content (AvgIpc) is 2.78. The first kappa shape index (κ1) is 16.2. The molecule has 2 rings (SSSR count). The third-order valence-corrected chi connectivity index (χ3v) is 4.31. The number of carboxylic acids is 1. The van der Waals surface area contributed by atoms with Gasteiger partial charge >= 0.3 is 12.1 Å². The number of carboxylic acid groups (broad SMARTS) is 1. The Morgan fingerprint density at radius 2 is 2.05 bits per heavy atom. The van der Waals surface area contributed by atoms with Crippen LogP contribution < -0.4 is 0 Å². The fraction of sp³-hybridized carbons (Fsp3) is 0.462. The molecule has 0 bridgehead atoms. The molecule has 1 heterocycles. The molecule has 0 radical (unpaired) electrons.